The van der Waals surface area contributed by atoms with Crippen LogP contribution in [0, 0.1) is 25.2 Å². The summed E-state index contributed by atoms with van der Waals surface area (Å²) in [5.41, 5.74) is 3.17. The Kier molecular flexibility index (Phi) is 3.11. The topological polar surface area (TPSA) is 81.6 Å². The van der Waals surface area contributed by atoms with Gasteiger partial charge >= 0.3 is 0 Å². The predicted octanol–water partition coefficient (Wildman–Crippen LogP) is 2.15. The predicted molar refractivity (Wildman–Crippen MR) is 67.2 cm³/mol. The summed E-state index contributed by atoms with van der Waals surface area (Å²) in [6.45, 7) is 3.57. The first kappa shape index (κ1) is 11.9. The first-order valence-corrected chi connectivity index (χ1v) is 5.45. The number of amides is 1. The van der Waals surface area contributed by atoms with E-state index < -0.39 is 0 Å². The Morgan fingerprint density at radius 2 is 2.00 bits per heavy atom. The lowest BCUT2D eigenvalue weighted by molar-refractivity contribution is 0.102. The van der Waals surface area contributed by atoms with Crippen molar-refractivity contribution in [1.29, 1.82) is 5.26 Å². The fraction of sp³-hybridized carbons (Fsp3) is 0.154. The lowest BCUT2D eigenvalue weighted by Gasteiger charge is -2.05. The van der Waals surface area contributed by atoms with Crippen LogP contribution in [0.1, 0.15) is 27.3 Å². The molecule has 2 rings (SSSR count). The molecular formula is C13H12N4O. The van der Waals surface area contributed by atoms with Gasteiger partial charge < -0.3 is 5.32 Å². The molecule has 0 aliphatic heterocycles. The maximum atomic E-state index is 12.0. The minimum atomic E-state index is -0.205. The number of nitriles is 1. The molecule has 2 N–H and O–H groups in total. The second-order valence-electron chi connectivity index (χ2n) is 3.95. The zero-order valence-electron chi connectivity index (χ0n) is 10.1. The van der Waals surface area contributed by atoms with Crippen LogP contribution >= 0.6 is 0 Å². The molecule has 0 spiro atoms. The highest BCUT2D eigenvalue weighted by Gasteiger charge is 2.15. The van der Waals surface area contributed by atoms with Gasteiger partial charge in [0.05, 0.1) is 22.9 Å². The third kappa shape index (κ3) is 2.23. The average molecular weight is 240 g/mol. The summed E-state index contributed by atoms with van der Waals surface area (Å²) in [5, 5.41) is 18.2. The molecule has 1 aromatic heterocycles. The van der Waals surface area contributed by atoms with Crippen molar-refractivity contribution in [3.63, 3.8) is 0 Å². The minimum absolute atomic E-state index is 0.205. The quantitative estimate of drug-likeness (QED) is 0.843. The summed E-state index contributed by atoms with van der Waals surface area (Å²) < 4.78 is 0. The lowest BCUT2D eigenvalue weighted by Crippen LogP contribution is -2.13. The largest absolute Gasteiger partial charge is 0.322 e. The molecule has 0 saturated heterocycles. The zero-order chi connectivity index (χ0) is 13.1. The molecule has 5 heteroatoms. The fourth-order valence-corrected chi connectivity index (χ4v) is 1.71. The van der Waals surface area contributed by atoms with Crippen molar-refractivity contribution in [2.45, 2.75) is 13.8 Å². The van der Waals surface area contributed by atoms with Crippen molar-refractivity contribution >= 4 is 11.6 Å². The number of aromatic nitrogens is 2. The van der Waals surface area contributed by atoms with Crippen LogP contribution in [-0.2, 0) is 0 Å². The van der Waals surface area contributed by atoms with E-state index in [2.05, 4.69) is 15.5 Å². The maximum absolute atomic E-state index is 12.0. The van der Waals surface area contributed by atoms with Gasteiger partial charge in [0.1, 0.15) is 0 Å². The van der Waals surface area contributed by atoms with Crippen molar-refractivity contribution < 1.29 is 4.79 Å². The highest BCUT2D eigenvalue weighted by Crippen LogP contribution is 2.14. The number of aryl methyl sites for hydroxylation is 2. The van der Waals surface area contributed by atoms with Gasteiger partial charge in [-0.05, 0) is 38.1 Å². The Labute approximate surface area is 104 Å². The summed E-state index contributed by atoms with van der Waals surface area (Å²) >= 11 is 0. The van der Waals surface area contributed by atoms with E-state index in [1.807, 2.05) is 6.07 Å². The van der Waals surface area contributed by atoms with Gasteiger partial charge in [-0.3, -0.25) is 9.89 Å². The fourth-order valence-electron chi connectivity index (χ4n) is 1.71. The van der Waals surface area contributed by atoms with E-state index in [1.165, 1.54) is 0 Å². The number of H-pyrrole nitrogens is 1. The Morgan fingerprint density at radius 3 is 2.50 bits per heavy atom. The molecule has 0 saturated carbocycles. The van der Waals surface area contributed by atoms with Crippen LogP contribution in [0.4, 0.5) is 5.69 Å². The highest BCUT2D eigenvalue weighted by atomic mass is 16.1. The van der Waals surface area contributed by atoms with Crippen molar-refractivity contribution in [2.24, 2.45) is 0 Å². The second kappa shape index (κ2) is 4.72. The molecule has 1 aromatic carbocycles. The zero-order valence-corrected chi connectivity index (χ0v) is 10.1. The van der Waals surface area contributed by atoms with Gasteiger partial charge in [-0.15, -0.1) is 0 Å². The monoisotopic (exact) mass is 240 g/mol. The van der Waals surface area contributed by atoms with Crippen LogP contribution in [0.15, 0.2) is 24.3 Å². The molecule has 1 heterocycles. The summed E-state index contributed by atoms with van der Waals surface area (Å²) in [6, 6.07) is 8.73. The van der Waals surface area contributed by atoms with Crippen LogP contribution in [0.2, 0.25) is 0 Å². The van der Waals surface area contributed by atoms with E-state index >= 15 is 0 Å². The molecule has 0 atom stereocenters. The van der Waals surface area contributed by atoms with Crippen LogP contribution < -0.4 is 5.32 Å². The number of carbonyl (C=O) groups excluding carboxylic acids is 1. The van der Waals surface area contributed by atoms with Crippen LogP contribution in [-0.4, -0.2) is 16.1 Å². The van der Waals surface area contributed by atoms with Gasteiger partial charge in [-0.25, -0.2) is 0 Å². The van der Waals surface area contributed by atoms with Gasteiger partial charge in [-0.1, -0.05) is 0 Å². The number of nitrogens with one attached hydrogen (secondary N) is 2. The van der Waals surface area contributed by atoms with Crippen LogP contribution in [0.25, 0.3) is 0 Å². The van der Waals surface area contributed by atoms with Crippen LogP contribution in [0.5, 0.6) is 0 Å². The maximum Gasteiger partial charge on any atom is 0.259 e. The molecule has 0 bridgehead atoms. The molecule has 5 nitrogen and oxygen atoms in total. The summed E-state index contributed by atoms with van der Waals surface area (Å²) in [5.74, 6) is -0.205. The molecule has 1 amide bonds. The Balaban J connectivity index is 2.19. The number of hydrogen-bond donors (Lipinski definition) is 2. The molecule has 0 aliphatic rings. The van der Waals surface area contributed by atoms with E-state index in [1.54, 1.807) is 38.1 Å². The van der Waals surface area contributed by atoms with Crippen LogP contribution in [0.3, 0.4) is 0 Å². The Bertz CT molecular complexity index is 600. The second-order valence-corrected chi connectivity index (χ2v) is 3.95. The summed E-state index contributed by atoms with van der Waals surface area (Å²) in [7, 11) is 0. The number of anilines is 1. The Morgan fingerprint density at radius 1 is 1.33 bits per heavy atom. The first-order valence-electron chi connectivity index (χ1n) is 5.45. The average Bonchev–Trinajstić information content (AvgIpc) is 2.70. The van der Waals surface area contributed by atoms with Crippen molar-refractivity contribution in [2.75, 3.05) is 5.32 Å². The first-order chi connectivity index (χ1) is 8.61. The van der Waals surface area contributed by atoms with Crippen molar-refractivity contribution in [3.8, 4) is 6.07 Å². The van der Waals surface area contributed by atoms with E-state index in [0.717, 1.165) is 5.69 Å². The van der Waals surface area contributed by atoms with Gasteiger partial charge in [0.15, 0.2) is 0 Å². The number of nitrogens with zero attached hydrogens (tertiary/aromatic N) is 2. The smallest absolute Gasteiger partial charge is 0.259 e. The number of carbonyl (C=O) groups is 1. The van der Waals surface area contributed by atoms with E-state index in [0.29, 0.717) is 22.5 Å². The van der Waals surface area contributed by atoms with Gasteiger partial charge in [0, 0.05) is 11.4 Å². The molecule has 0 fully saturated rings. The number of benzene rings is 1. The van der Waals surface area contributed by atoms with Crippen molar-refractivity contribution in [1.82, 2.24) is 10.2 Å². The van der Waals surface area contributed by atoms with Gasteiger partial charge in [-0.2, -0.15) is 10.4 Å². The number of aromatic amines is 1. The molecule has 0 aliphatic carbocycles. The highest BCUT2D eigenvalue weighted by molar-refractivity contribution is 6.05. The number of rotatable bonds is 2. The Hall–Kier alpha value is -2.61. The molecule has 0 unspecified atom stereocenters. The lowest BCUT2D eigenvalue weighted by atomic mass is 10.1. The third-order valence-electron chi connectivity index (χ3n) is 2.63. The van der Waals surface area contributed by atoms with E-state index in [4.69, 9.17) is 5.26 Å². The summed E-state index contributed by atoms with van der Waals surface area (Å²) in [4.78, 5) is 12.0. The molecule has 2 aromatic rings. The number of hydrogen-bond acceptors (Lipinski definition) is 3. The van der Waals surface area contributed by atoms with E-state index in [9.17, 15) is 4.79 Å². The SMILES string of the molecule is Cc1n[nH]c(C)c1C(=O)Nc1ccc(C#N)cc1. The standard InChI is InChI=1S/C13H12N4O/c1-8-12(9(2)17-16-8)13(18)15-11-5-3-10(7-14)4-6-11/h3-6H,1-2H3,(H,15,18)(H,16,17). The molecule has 0 radical (unpaired) electrons. The minimum Gasteiger partial charge on any atom is -0.322 e. The van der Waals surface area contributed by atoms with Crippen molar-refractivity contribution in [3.05, 3.63) is 46.8 Å². The van der Waals surface area contributed by atoms with E-state index in [-0.39, 0.29) is 5.91 Å². The van der Waals surface area contributed by atoms with Gasteiger partial charge in [0.25, 0.3) is 5.91 Å². The van der Waals surface area contributed by atoms with Gasteiger partial charge in [0.2, 0.25) is 0 Å². The third-order valence-corrected chi connectivity index (χ3v) is 2.63. The normalized spacial score (nSPS) is 9.83. The molecular weight excluding hydrogens is 228 g/mol. The molecule has 90 valence electrons. The summed E-state index contributed by atoms with van der Waals surface area (Å²) in [6.07, 6.45) is 0. The molecule has 18 heavy (non-hydrogen) atoms.